The van der Waals surface area contributed by atoms with Crippen molar-refractivity contribution in [1.82, 2.24) is 4.90 Å². The van der Waals surface area contributed by atoms with Gasteiger partial charge in [0.2, 0.25) is 0 Å². The summed E-state index contributed by atoms with van der Waals surface area (Å²) < 4.78 is 13.6. The summed E-state index contributed by atoms with van der Waals surface area (Å²) in [5.74, 6) is 0.768. The lowest BCUT2D eigenvalue weighted by molar-refractivity contribution is 0.273. The highest BCUT2D eigenvalue weighted by molar-refractivity contribution is 7.80. The molecule has 0 radical (unpaired) electrons. The molecular weight excluding hydrogens is 223 g/mol. The van der Waals surface area contributed by atoms with Gasteiger partial charge < -0.3 is 4.90 Å². The van der Waals surface area contributed by atoms with Crippen LogP contribution in [0, 0.1) is 5.82 Å². The Morgan fingerprint density at radius 1 is 1.12 bits per heavy atom. The molecule has 2 nitrogen and oxygen atoms in total. The molecule has 1 saturated heterocycles. The van der Waals surface area contributed by atoms with Crippen molar-refractivity contribution in [2.75, 3.05) is 43.4 Å². The van der Waals surface area contributed by atoms with Gasteiger partial charge in [0.15, 0.2) is 0 Å². The van der Waals surface area contributed by atoms with E-state index >= 15 is 0 Å². The minimum atomic E-state index is -0.120. The third-order valence-electron chi connectivity index (χ3n) is 2.98. The molecule has 0 atom stereocenters. The van der Waals surface area contributed by atoms with E-state index in [1.165, 1.54) is 6.07 Å². The van der Waals surface area contributed by atoms with Crippen LogP contribution in [0.5, 0.6) is 0 Å². The Hall–Kier alpha value is -0.740. The van der Waals surface area contributed by atoms with Gasteiger partial charge in [-0.3, -0.25) is 4.90 Å². The normalized spacial score (nSPS) is 17.8. The van der Waals surface area contributed by atoms with E-state index in [2.05, 4.69) is 22.4 Å². The van der Waals surface area contributed by atoms with Crippen LogP contribution >= 0.6 is 12.6 Å². The van der Waals surface area contributed by atoms with Gasteiger partial charge in [0.05, 0.1) is 5.69 Å². The number of hydrogen-bond donors (Lipinski definition) is 1. The summed E-state index contributed by atoms with van der Waals surface area (Å²) in [6.45, 7) is 4.81. The summed E-state index contributed by atoms with van der Waals surface area (Å²) in [5.41, 5.74) is 0.730. The van der Waals surface area contributed by atoms with E-state index in [1.54, 1.807) is 6.07 Å². The van der Waals surface area contributed by atoms with Crippen LogP contribution in [0.25, 0.3) is 0 Å². The highest BCUT2D eigenvalue weighted by atomic mass is 32.1. The molecule has 0 unspecified atom stereocenters. The summed E-state index contributed by atoms with van der Waals surface area (Å²) in [5, 5.41) is 0. The van der Waals surface area contributed by atoms with Crippen molar-refractivity contribution >= 4 is 18.3 Å². The van der Waals surface area contributed by atoms with Crippen LogP contribution in [0.2, 0.25) is 0 Å². The van der Waals surface area contributed by atoms with Crippen LogP contribution in [0.1, 0.15) is 0 Å². The maximum atomic E-state index is 13.6. The third-order valence-corrected chi connectivity index (χ3v) is 3.18. The monoisotopic (exact) mass is 240 g/mol. The Bertz CT molecular complexity index is 338. The maximum absolute atomic E-state index is 13.6. The first-order valence-corrected chi connectivity index (χ1v) is 6.27. The van der Waals surface area contributed by atoms with E-state index in [4.69, 9.17) is 0 Å². The lowest BCUT2D eigenvalue weighted by Gasteiger charge is -2.35. The number of thiol groups is 1. The van der Waals surface area contributed by atoms with Gasteiger partial charge in [0, 0.05) is 38.5 Å². The summed E-state index contributed by atoms with van der Waals surface area (Å²) in [6, 6.07) is 6.99. The second kappa shape index (κ2) is 5.55. The molecule has 0 spiro atoms. The minimum absolute atomic E-state index is 0.120. The Morgan fingerprint density at radius 2 is 1.81 bits per heavy atom. The van der Waals surface area contributed by atoms with E-state index in [-0.39, 0.29) is 5.82 Å². The van der Waals surface area contributed by atoms with Crippen LogP contribution < -0.4 is 4.90 Å². The molecule has 1 aliphatic heterocycles. The van der Waals surface area contributed by atoms with Crippen molar-refractivity contribution in [3.63, 3.8) is 0 Å². The standard InChI is InChI=1S/C12H17FN2S/c13-11-3-1-2-4-12(11)15-7-5-14(6-8-15)9-10-16/h1-4,16H,5-10H2. The quantitative estimate of drug-likeness (QED) is 0.806. The molecule has 88 valence electrons. The Labute approximate surface area is 101 Å². The molecule has 0 aliphatic carbocycles. The number of benzene rings is 1. The predicted molar refractivity (Wildman–Crippen MR) is 68.9 cm³/mol. The Balaban J connectivity index is 1.96. The second-order valence-electron chi connectivity index (χ2n) is 4.00. The Morgan fingerprint density at radius 3 is 2.44 bits per heavy atom. The first kappa shape index (κ1) is 11.7. The van der Waals surface area contributed by atoms with Crippen molar-refractivity contribution in [1.29, 1.82) is 0 Å². The van der Waals surface area contributed by atoms with Crippen molar-refractivity contribution in [2.24, 2.45) is 0 Å². The fraction of sp³-hybridized carbons (Fsp3) is 0.500. The van der Waals surface area contributed by atoms with E-state index in [0.29, 0.717) is 0 Å². The van der Waals surface area contributed by atoms with E-state index in [0.717, 1.165) is 44.2 Å². The molecule has 1 aromatic rings. The van der Waals surface area contributed by atoms with Crippen molar-refractivity contribution in [3.8, 4) is 0 Å². The van der Waals surface area contributed by atoms with Crippen molar-refractivity contribution in [3.05, 3.63) is 30.1 Å². The highest BCUT2D eigenvalue weighted by Crippen LogP contribution is 2.19. The van der Waals surface area contributed by atoms with Gasteiger partial charge in [-0.2, -0.15) is 12.6 Å². The Kier molecular flexibility index (Phi) is 4.07. The molecule has 1 aliphatic rings. The fourth-order valence-corrected chi connectivity index (χ4v) is 2.34. The third kappa shape index (κ3) is 2.68. The largest absolute Gasteiger partial charge is 0.367 e. The highest BCUT2D eigenvalue weighted by Gasteiger charge is 2.18. The smallest absolute Gasteiger partial charge is 0.146 e. The van der Waals surface area contributed by atoms with Gasteiger partial charge in [-0.05, 0) is 12.1 Å². The summed E-state index contributed by atoms with van der Waals surface area (Å²) in [7, 11) is 0. The zero-order chi connectivity index (χ0) is 11.4. The average Bonchev–Trinajstić information content (AvgIpc) is 2.31. The molecular formula is C12H17FN2S. The average molecular weight is 240 g/mol. The molecule has 0 aromatic heterocycles. The fourth-order valence-electron chi connectivity index (χ4n) is 2.06. The summed E-state index contributed by atoms with van der Waals surface area (Å²) in [6.07, 6.45) is 0. The van der Waals surface area contributed by atoms with Crippen LogP contribution in [-0.2, 0) is 0 Å². The number of anilines is 1. The first-order valence-electron chi connectivity index (χ1n) is 5.64. The van der Waals surface area contributed by atoms with Crippen LogP contribution in [-0.4, -0.2) is 43.4 Å². The van der Waals surface area contributed by atoms with Gasteiger partial charge in [0.1, 0.15) is 5.82 Å². The topological polar surface area (TPSA) is 6.48 Å². The van der Waals surface area contributed by atoms with Crippen LogP contribution in [0.3, 0.4) is 0 Å². The van der Waals surface area contributed by atoms with Crippen molar-refractivity contribution in [2.45, 2.75) is 0 Å². The van der Waals surface area contributed by atoms with E-state index in [9.17, 15) is 4.39 Å². The number of piperazine rings is 1. The molecule has 0 saturated carbocycles. The summed E-state index contributed by atoms with van der Waals surface area (Å²) >= 11 is 4.22. The van der Waals surface area contributed by atoms with E-state index in [1.807, 2.05) is 12.1 Å². The van der Waals surface area contributed by atoms with Gasteiger partial charge >= 0.3 is 0 Å². The zero-order valence-corrected chi connectivity index (χ0v) is 10.2. The molecule has 4 heteroatoms. The van der Waals surface area contributed by atoms with Gasteiger partial charge in [-0.15, -0.1) is 0 Å². The number of nitrogens with zero attached hydrogens (tertiary/aromatic N) is 2. The predicted octanol–water partition coefficient (Wildman–Crippen LogP) is 1.88. The minimum Gasteiger partial charge on any atom is -0.367 e. The molecule has 16 heavy (non-hydrogen) atoms. The molecule has 2 rings (SSSR count). The molecule has 1 fully saturated rings. The molecule has 0 N–H and O–H groups in total. The molecule has 1 heterocycles. The maximum Gasteiger partial charge on any atom is 0.146 e. The second-order valence-corrected chi connectivity index (χ2v) is 4.45. The van der Waals surface area contributed by atoms with Gasteiger partial charge in [-0.25, -0.2) is 4.39 Å². The lowest BCUT2D eigenvalue weighted by Crippen LogP contribution is -2.47. The molecule has 0 bridgehead atoms. The van der Waals surface area contributed by atoms with Gasteiger partial charge in [0.25, 0.3) is 0 Å². The van der Waals surface area contributed by atoms with Gasteiger partial charge in [-0.1, -0.05) is 12.1 Å². The lowest BCUT2D eigenvalue weighted by atomic mass is 10.2. The molecule has 1 aromatic carbocycles. The first-order chi connectivity index (χ1) is 7.81. The SMILES string of the molecule is Fc1ccccc1N1CCN(CCS)CC1. The molecule has 0 amide bonds. The summed E-state index contributed by atoms with van der Waals surface area (Å²) in [4.78, 5) is 4.48. The number of para-hydroxylation sites is 1. The van der Waals surface area contributed by atoms with Crippen LogP contribution in [0.15, 0.2) is 24.3 Å². The number of hydrogen-bond acceptors (Lipinski definition) is 3. The zero-order valence-electron chi connectivity index (χ0n) is 9.27. The van der Waals surface area contributed by atoms with Crippen LogP contribution in [0.4, 0.5) is 10.1 Å². The van der Waals surface area contributed by atoms with Crippen molar-refractivity contribution < 1.29 is 4.39 Å². The number of rotatable bonds is 3. The van der Waals surface area contributed by atoms with E-state index < -0.39 is 0 Å². The number of halogens is 1.